The van der Waals surface area contributed by atoms with Crippen molar-refractivity contribution >= 4 is 23.2 Å². The second-order valence-corrected chi connectivity index (χ2v) is 7.15. The number of nitrogens with one attached hydrogen (secondary N) is 1. The van der Waals surface area contributed by atoms with Gasteiger partial charge in [0, 0.05) is 28.7 Å². The molecule has 2 aromatic carbocycles. The van der Waals surface area contributed by atoms with Gasteiger partial charge in [-0.25, -0.2) is 0 Å². The molecule has 9 heteroatoms. The molecule has 9 nitrogen and oxygen atoms in total. The van der Waals surface area contributed by atoms with E-state index in [1.54, 1.807) is 13.8 Å². The van der Waals surface area contributed by atoms with Crippen LogP contribution in [0.4, 0.5) is 5.69 Å². The maximum Gasteiger partial charge on any atom is 0.226 e. The van der Waals surface area contributed by atoms with Gasteiger partial charge in [-0.05, 0) is 18.2 Å². The lowest BCUT2D eigenvalue weighted by atomic mass is 9.87. The number of carbonyl (C=O) groups is 3. The lowest BCUT2D eigenvalue weighted by Gasteiger charge is -2.24. The van der Waals surface area contributed by atoms with Crippen LogP contribution in [-0.4, -0.2) is 47.0 Å². The number of hydrogen-bond acceptors (Lipinski definition) is 8. The van der Waals surface area contributed by atoms with E-state index in [0.717, 1.165) is 12.1 Å². The van der Waals surface area contributed by atoms with Crippen molar-refractivity contribution in [3.8, 4) is 23.0 Å². The summed E-state index contributed by atoms with van der Waals surface area (Å²) < 4.78 is 10.3. The topological polar surface area (TPSA) is 142 Å². The van der Waals surface area contributed by atoms with Gasteiger partial charge < -0.3 is 30.1 Å². The van der Waals surface area contributed by atoms with Crippen molar-refractivity contribution in [1.82, 2.24) is 0 Å². The molecule has 30 heavy (non-hydrogen) atoms. The molecule has 1 aliphatic rings. The van der Waals surface area contributed by atoms with Crippen molar-refractivity contribution in [3.63, 3.8) is 0 Å². The Balaban J connectivity index is 2.22. The highest BCUT2D eigenvalue weighted by Gasteiger charge is 2.55. The number of ketones is 2. The molecule has 1 amide bonds. The van der Waals surface area contributed by atoms with Gasteiger partial charge in [0.25, 0.3) is 0 Å². The Morgan fingerprint density at radius 1 is 0.933 bits per heavy atom. The molecule has 0 aliphatic heterocycles. The summed E-state index contributed by atoms with van der Waals surface area (Å²) in [4.78, 5) is 38.5. The van der Waals surface area contributed by atoms with Crippen molar-refractivity contribution in [2.75, 3.05) is 19.5 Å². The van der Waals surface area contributed by atoms with Crippen LogP contribution in [0.1, 0.15) is 40.1 Å². The minimum atomic E-state index is -2.73. The van der Waals surface area contributed by atoms with E-state index in [4.69, 9.17) is 9.47 Å². The molecule has 0 spiro atoms. The molecule has 3 rings (SSSR count). The maximum absolute atomic E-state index is 13.1. The summed E-state index contributed by atoms with van der Waals surface area (Å²) >= 11 is 0. The predicted octanol–water partition coefficient (Wildman–Crippen LogP) is 1.98. The van der Waals surface area contributed by atoms with Gasteiger partial charge in [-0.2, -0.15) is 0 Å². The Morgan fingerprint density at radius 2 is 1.40 bits per heavy atom. The molecule has 0 bridgehead atoms. The number of phenolic OH excluding ortho intramolecular Hbond substituents is 2. The van der Waals surface area contributed by atoms with Gasteiger partial charge in [0.1, 0.15) is 0 Å². The molecule has 0 radical (unpaired) electrons. The third-order valence-electron chi connectivity index (χ3n) is 4.96. The van der Waals surface area contributed by atoms with Crippen LogP contribution < -0.4 is 14.8 Å². The monoisotopic (exact) mass is 415 g/mol. The van der Waals surface area contributed by atoms with Crippen molar-refractivity contribution in [2.24, 2.45) is 5.92 Å². The number of aromatic hydroxyl groups is 2. The predicted molar refractivity (Wildman–Crippen MR) is 105 cm³/mol. The minimum Gasteiger partial charge on any atom is -0.504 e. The maximum atomic E-state index is 13.1. The van der Waals surface area contributed by atoms with Crippen LogP contribution in [0.25, 0.3) is 0 Å². The smallest absolute Gasteiger partial charge is 0.226 e. The zero-order valence-corrected chi connectivity index (χ0v) is 16.8. The number of methoxy groups -OCH3 is 2. The third kappa shape index (κ3) is 3.03. The van der Waals surface area contributed by atoms with Gasteiger partial charge in [-0.15, -0.1) is 0 Å². The average Bonchev–Trinajstić information content (AvgIpc) is 2.90. The van der Waals surface area contributed by atoms with E-state index in [1.165, 1.54) is 26.4 Å². The summed E-state index contributed by atoms with van der Waals surface area (Å²) in [7, 11) is 2.71. The number of phenols is 2. The third-order valence-corrected chi connectivity index (χ3v) is 4.96. The van der Waals surface area contributed by atoms with Gasteiger partial charge in [0.05, 0.1) is 19.9 Å². The molecule has 0 atom stereocenters. The molecule has 0 saturated carbocycles. The van der Waals surface area contributed by atoms with Crippen molar-refractivity contribution in [2.45, 2.75) is 19.4 Å². The highest BCUT2D eigenvalue weighted by atomic mass is 16.5. The first kappa shape index (κ1) is 21.1. The number of benzene rings is 2. The quantitative estimate of drug-likeness (QED) is 0.330. The summed E-state index contributed by atoms with van der Waals surface area (Å²) in [5, 5.41) is 33.6. The number of Topliss-reactive ketones (excluding diaryl/α,β-unsaturated/α-hetero) is 2. The second kappa shape index (κ2) is 7.34. The number of carbonyl (C=O) groups excluding carboxylic acids is 3. The van der Waals surface area contributed by atoms with Gasteiger partial charge >= 0.3 is 0 Å². The molecule has 0 fully saturated rings. The Labute approximate surface area is 171 Å². The first-order valence-corrected chi connectivity index (χ1v) is 9.01. The van der Waals surface area contributed by atoms with Crippen molar-refractivity contribution in [1.29, 1.82) is 0 Å². The Morgan fingerprint density at radius 3 is 1.83 bits per heavy atom. The summed E-state index contributed by atoms with van der Waals surface area (Å²) in [5.41, 5.74) is -3.48. The normalized spacial score (nSPS) is 14.6. The summed E-state index contributed by atoms with van der Waals surface area (Å²) in [6.07, 6.45) is 0. The highest BCUT2D eigenvalue weighted by molar-refractivity contribution is 6.32. The highest BCUT2D eigenvalue weighted by Crippen LogP contribution is 2.46. The second-order valence-electron chi connectivity index (χ2n) is 7.15. The lowest BCUT2D eigenvalue weighted by Crippen LogP contribution is -2.39. The molecule has 0 unspecified atom stereocenters. The molecular formula is C21H21NO8. The number of fused-ring (bicyclic) bond motifs is 1. The minimum absolute atomic E-state index is 0.103. The van der Waals surface area contributed by atoms with Gasteiger partial charge in [0.15, 0.2) is 23.0 Å². The van der Waals surface area contributed by atoms with Crippen LogP contribution in [0.15, 0.2) is 24.3 Å². The Kier molecular flexibility index (Phi) is 5.17. The van der Waals surface area contributed by atoms with Crippen LogP contribution >= 0.6 is 0 Å². The first-order chi connectivity index (χ1) is 14.1. The fraction of sp³-hybridized carbons (Fsp3) is 0.286. The van der Waals surface area contributed by atoms with Crippen LogP contribution in [0, 0.1) is 5.92 Å². The zero-order chi connectivity index (χ0) is 22.4. The first-order valence-electron chi connectivity index (χ1n) is 9.01. The summed E-state index contributed by atoms with van der Waals surface area (Å²) in [6.45, 7) is 3.23. The van der Waals surface area contributed by atoms with E-state index >= 15 is 0 Å². The molecule has 0 saturated heterocycles. The number of ether oxygens (including phenoxy) is 2. The van der Waals surface area contributed by atoms with E-state index < -0.39 is 40.5 Å². The number of anilines is 1. The van der Waals surface area contributed by atoms with Crippen LogP contribution in [0.5, 0.6) is 23.0 Å². The van der Waals surface area contributed by atoms with Crippen LogP contribution in [-0.2, 0) is 10.4 Å². The van der Waals surface area contributed by atoms with Crippen LogP contribution in [0.2, 0.25) is 0 Å². The standard InChI is InChI=1S/C21H21NO8/c1-9(2)20(27)22-13-8-15(24)14(23)7-12(13)21(28)18(25)10-5-16(29-3)17(30-4)6-11(10)19(21)26/h5-9,23-24,28H,1-4H3,(H,22,27). The fourth-order valence-corrected chi connectivity index (χ4v) is 3.25. The largest absolute Gasteiger partial charge is 0.504 e. The van der Waals surface area contributed by atoms with E-state index in [2.05, 4.69) is 5.32 Å². The van der Waals surface area contributed by atoms with Gasteiger partial charge in [-0.3, -0.25) is 14.4 Å². The van der Waals surface area contributed by atoms with Gasteiger partial charge in [-0.1, -0.05) is 13.8 Å². The number of rotatable bonds is 5. The summed E-state index contributed by atoms with van der Waals surface area (Å²) in [6, 6.07) is 4.40. The molecular weight excluding hydrogens is 394 g/mol. The lowest BCUT2D eigenvalue weighted by molar-refractivity contribution is -0.118. The number of hydrogen-bond donors (Lipinski definition) is 4. The van der Waals surface area contributed by atoms with E-state index in [0.29, 0.717) is 0 Å². The summed E-state index contributed by atoms with van der Waals surface area (Å²) in [5.74, 6) is -3.78. The average molecular weight is 415 g/mol. The zero-order valence-electron chi connectivity index (χ0n) is 16.8. The molecule has 4 N–H and O–H groups in total. The molecule has 2 aromatic rings. The molecule has 158 valence electrons. The van der Waals surface area contributed by atoms with E-state index in [9.17, 15) is 29.7 Å². The molecule has 1 aliphatic carbocycles. The Bertz CT molecular complexity index is 1030. The van der Waals surface area contributed by atoms with Crippen LogP contribution in [0.3, 0.4) is 0 Å². The SMILES string of the molecule is COc1cc2c(cc1OC)C(=O)C(O)(c1cc(O)c(O)cc1NC(=O)C(C)C)C2=O. The number of aliphatic hydroxyl groups is 1. The van der Waals surface area contributed by atoms with Gasteiger partial charge in [0.2, 0.25) is 23.1 Å². The Hall–Kier alpha value is -3.59. The number of amides is 1. The van der Waals surface area contributed by atoms with E-state index in [1.807, 2.05) is 0 Å². The fourth-order valence-electron chi connectivity index (χ4n) is 3.25. The van der Waals surface area contributed by atoms with Crippen molar-refractivity contribution in [3.05, 3.63) is 41.0 Å². The van der Waals surface area contributed by atoms with E-state index in [-0.39, 0.29) is 33.9 Å². The van der Waals surface area contributed by atoms with Crippen molar-refractivity contribution < 1.29 is 39.2 Å². The molecule has 0 heterocycles. The molecule has 0 aromatic heterocycles.